The number of para-hydroxylation sites is 1. The normalized spacial score (nSPS) is 11.5. The number of halogens is 2. The van der Waals surface area contributed by atoms with Gasteiger partial charge in [0.25, 0.3) is 5.91 Å². The van der Waals surface area contributed by atoms with Gasteiger partial charge in [-0.3, -0.25) is 9.59 Å². The van der Waals surface area contributed by atoms with Crippen molar-refractivity contribution in [3.8, 4) is 5.75 Å². The molecule has 0 aromatic heterocycles. The van der Waals surface area contributed by atoms with Crippen molar-refractivity contribution < 1.29 is 23.1 Å². The van der Waals surface area contributed by atoms with E-state index < -0.39 is 23.4 Å². The van der Waals surface area contributed by atoms with Crippen molar-refractivity contribution in [2.24, 2.45) is 0 Å². The Kier molecular flexibility index (Phi) is 6.45. The molecule has 0 spiro atoms. The first-order chi connectivity index (χ1) is 11.9. The molecule has 132 valence electrons. The molecule has 0 fully saturated rings. The summed E-state index contributed by atoms with van der Waals surface area (Å²) in [6.45, 7) is 1.70. The molecule has 7 heteroatoms. The monoisotopic (exact) mass is 348 g/mol. The molecule has 0 saturated heterocycles. The van der Waals surface area contributed by atoms with Gasteiger partial charge in [-0.1, -0.05) is 18.2 Å². The predicted molar refractivity (Wildman–Crippen MR) is 88.2 cm³/mol. The van der Waals surface area contributed by atoms with Gasteiger partial charge in [0, 0.05) is 11.6 Å². The van der Waals surface area contributed by atoms with Gasteiger partial charge in [-0.2, -0.15) is 0 Å². The van der Waals surface area contributed by atoms with E-state index in [-0.39, 0.29) is 24.8 Å². The lowest BCUT2D eigenvalue weighted by Crippen LogP contribution is -2.43. The zero-order valence-electron chi connectivity index (χ0n) is 13.6. The highest BCUT2D eigenvalue weighted by Crippen LogP contribution is 2.09. The molecule has 0 heterocycles. The molecular formula is C18H18F2N2O3. The van der Waals surface area contributed by atoms with E-state index in [0.717, 1.165) is 12.1 Å². The smallest absolute Gasteiger partial charge is 0.251 e. The quantitative estimate of drug-likeness (QED) is 0.807. The summed E-state index contributed by atoms with van der Waals surface area (Å²) in [5.41, 5.74) is -0.189. The number of rotatable bonds is 7. The second kappa shape index (κ2) is 8.77. The van der Waals surface area contributed by atoms with Crippen LogP contribution in [0.2, 0.25) is 0 Å². The maximum Gasteiger partial charge on any atom is 0.251 e. The number of hydrogen-bond acceptors (Lipinski definition) is 3. The fraction of sp³-hybridized carbons (Fsp3) is 0.222. The van der Waals surface area contributed by atoms with Gasteiger partial charge in [-0.25, -0.2) is 8.78 Å². The third kappa shape index (κ3) is 6.21. The molecule has 0 bridgehead atoms. The molecule has 2 aromatic rings. The summed E-state index contributed by atoms with van der Waals surface area (Å²) in [6, 6.07) is 11.3. The standard InChI is InChI=1S/C18H18F2N2O3/c1-12(11-25-16-5-3-2-4-6-16)22-17(23)10-21-18(24)13-7-14(19)9-15(20)8-13/h2-9,12H,10-11H2,1H3,(H,21,24)(H,22,23)/t12-/m0/s1. The highest BCUT2D eigenvalue weighted by Gasteiger charge is 2.12. The summed E-state index contributed by atoms with van der Waals surface area (Å²) >= 11 is 0. The lowest BCUT2D eigenvalue weighted by Gasteiger charge is -2.15. The SMILES string of the molecule is C[C@@H](COc1ccccc1)NC(=O)CNC(=O)c1cc(F)cc(F)c1. The van der Waals surface area contributed by atoms with E-state index in [9.17, 15) is 18.4 Å². The van der Waals surface area contributed by atoms with E-state index in [2.05, 4.69) is 10.6 Å². The molecule has 2 rings (SSSR count). The molecule has 25 heavy (non-hydrogen) atoms. The van der Waals surface area contributed by atoms with Crippen molar-refractivity contribution >= 4 is 11.8 Å². The molecule has 1 atom stereocenters. The molecule has 0 aliphatic rings. The van der Waals surface area contributed by atoms with Gasteiger partial charge in [0.05, 0.1) is 12.6 Å². The second-order valence-electron chi connectivity index (χ2n) is 5.43. The van der Waals surface area contributed by atoms with Crippen LogP contribution in [0, 0.1) is 11.6 Å². The fourth-order valence-corrected chi connectivity index (χ4v) is 2.05. The third-order valence-corrected chi connectivity index (χ3v) is 3.18. The van der Waals surface area contributed by atoms with Crippen molar-refractivity contribution in [3.63, 3.8) is 0 Å². The first kappa shape index (κ1) is 18.4. The maximum atomic E-state index is 13.1. The van der Waals surface area contributed by atoms with Gasteiger partial charge in [0.1, 0.15) is 24.0 Å². The van der Waals surface area contributed by atoms with Crippen molar-refractivity contribution in [1.29, 1.82) is 0 Å². The highest BCUT2D eigenvalue weighted by molar-refractivity contribution is 5.96. The van der Waals surface area contributed by atoms with E-state index in [1.807, 2.05) is 18.2 Å². The van der Waals surface area contributed by atoms with Crippen LogP contribution in [0.25, 0.3) is 0 Å². The molecule has 2 amide bonds. The summed E-state index contributed by atoms with van der Waals surface area (Å²) in [5.74, 6) is -2.20. The summed E-state index contributed by atoms with van der Waals surface area (Å²) in [6.07, 6.45) is 0. The molecule has 0 unspecified atom stereocenters. The Hall–Kier alpha value is -2.96. The Bertz CT molecular complexity index is 718. The minimum atomic E-state index is -0.860. The number of carbonyl (C=O) groups is 2. The minimum absolute atomic E-state index is 0.189. The van der Waals surface area contributed by atoms with Crippen LogP contribution in [-0.2, 0) is 4.79 Å². The summed E-state index contributed by atoms with van der Waals surface area (Å²) in [5, 5.41) is 4.96. The molecule has 2 aromatic carbocycles. The van der Waals surface area contributed by atoms with Crippen LogP contribution in [0.3, 0.4) is 0 Å². The molecular weight excluding hydrogens is 330 g/mol. The zero-order chi connectivity index (χ0) is 18.2. The van der Waals surface area contributed by atoms with Gasteiger partial charge in [-0.05, 0) is 31.2 Å². The minimum Gasteiger partial charge on any atom is -0.491 e. The topological polar surface area (TPSA) is 67.4 Å². The van der Waals surface area contributed by atoms with Crippen LogP contribution >= 0.6 is 0 Å². The average molecular weight is 348 g/mol. The largest absolute Gasteiger partial charge is 0.491 e. The molecule has 0 radical (unpaired) electrons. The molecule has 0 aliphatic carbocycles. The third-order valence-electron chi connectivity index (χ3n) is 3.18. The summed E-state index contributed by atoms with van der Waals surface area (Å²) in [4.78, 5) is 23.6. The van der Waals surface area contributed by atoms with E-state index in [1.54, 1.807) is 19.1 Å². The second-order valence-corrected chi connectivity index (χ2v) is 5.43. The van der Waals surface area contributed by atoms with E-state index >= 15 is 0 Å². The Morgan fingerprint density at radius 2 is 1.72 bits per heavy atom. The van der Waals surface area contributed by atoms with Crippen LogP contribution in [-0.4, -0.2) is 31.0 Å². The van der Waals surface area contributed by atoms with Crippen molar-refractivity contribution in [2.75, 3.05) is 13.2 Å². The lowest BCUT2D eigenvalue weighted by molar-refractivity contribution is -0.120. The van der Waals surface area contributed by atoms with Crippen LogP contribution in [0.15, 0.2) is 48.5 Å². The average Bonchev–Trinajstić information content (AvgIpc) is 2.58. The van der Waals surface area contributed by atoms with E-state index in [1.165, 1.54) is 0 Å². The van der Waals surface area contributed by atoms with Gasteiger partial charge in [-0.15, -0.1) is 0 Å². The summed E-state index contributed by atoms with van der Waals surface area (Å²) < 4.78 is 31.6. The van der Waals surface area contributed by atoms with Gasteiger partial charge in [0.2, 0.25) is 5.91 Å². The molecule has 5 nitrogen and oxygen atoms in total. The summed E-state index contributed by atoms with van der Waals surface area (Å²) in [7, 11) is 0. The Morgan fingerprint density at radius 3 is 2.36 bits per heavy atom. The Morgan fingerprint density at radius 1 is 1.08 bits per heavy atom. The fourth-order valence-electron chi connectivity index (χ4n) is 2.05. The van der Waals surface area contributed by atoms with Gasteiger partial charge in [0.15, 0.2) is 0 Å². The number of carbonyl (C=O) groups excluding carboxylic acids is 2. The van der Waals surface area contributed by atoms with Gasteiger partial charge >= 0.3 is 0 Å². The van der Waals surface area contributed by atoms with Crippen LogP contribution in [0.5, 0.6) is 5.75 Å². The first-order valence-electron chi connectivity index (χ1n) is 7.65. The van der Waals surface area contributed by atoms with E-state index in [4.69, 9.17) is 4.74 Å². The Balaban J connectivity index is 1.75. The van der Waals surface area contributed by atoms with Crippen LogP contribution in [0.4, 0.5) is 8.78 Å². The van der Waals surface area contributed by atoms with E-state index in [0.29, 0.717) is 11.8 Å². The van der Waals surface area contributed by atoms with Crippen LogP contribution < -0.4 is 15.4 Å². The number of amides is 2. The number of ether oxygens (including phenoxy) is 1. The first-order valence-corrected chi connectivity index (χ1v) is 7.65. The molecule has 0 saturated carbocycles. The highest BCUT2D eigenvalue weighted by atomic mass is 19.1. The van der Waals surface area contributed by atoms with Crippen molar-refractivity contribution in [2.45, 2.75) is 13.0 Å². The molecule has 0 aliphatic heterocycles. The lowest BCUT2D eigenvalue weighted by atomic mass is 10.2. The number of benzene rings is 2. The number of nitrogens with one attached hydrogen (secondary N) is 2. The predicted octanol–water partition coefficient (Wildman–Crippen LogP) is 2.28. The Labute approximate surface area is 144 Å². The number of hydrogen-bond donors (Lipinski definition) is 2. The zero-order valence-corrected chi connectivity index (χ0v) is 13.6. The maximum absolute atomic E-state index is 13.1. The van der Waals surface area contributed by atoms with Gasteiger partial charge < -0.3 is 15.4 Å². The molecule has 2 N–H and O–H groups in total. The van der Waals surface area contributed by atoms with Crippen LogP contribution in [0.1, 0.15) is 17.3 Å². The van der Waals surface area contributed by atoms with Crippen molar-refractivity contribution in [3.05, 3.63) is 65.7 Å². The van der Waals surface area contributed by atoms with Crippen molar-refractivity contribution in [1.82, 2.24) is 10.6 Å².